The minimum Gasteiger partial charge on any atom is -0.356 e. The molecule has 0 aliphatic carbocycles. The Bertz CT molecular complexity index is 353. The summed E-state index contributed by atoms with van der Waals surface area (Å²) in [6.07, 6.45) is 5.06. The summed E-state index contributed by atoms with van der Waals surface area (Å²) < 4.78 is 1.86. The number of thioether (sulfide) groups is 1. The molecule has 7 heteroatoms. The zero-order chi connectivity index (χ0) is 12.5. The topological polar surface area (TPSA) is 54.2 Å². The molecule has 0 saturated heterocycles. The van der Waals surface area contributed by atoms with Crippen LogP contribution in [0.2, 0.25) is 0 Å². The van der Waals surface area contributed by atoms with Crippen molar-refractivity contribution in [3.63, 3.8) is 0 Å². The van der Waals surface area contributed by atoms with Crippen LogP contribution in [0.25, 0.3) is 0 Å². The summed E-state index contributed by atoms with van der Waals surface area (Å²) in [5.41, 5.74) is 1.14. The van der Waals surface area contributed by atoms with Gasteiger partial charge in [0.15, 0.2) is 5.96 Å². The minimum atomic E-state index is 0. The van der Waals surface area contributed by atoms with Crippen molar-refractivity contribution in [3.05, 3.63) is 18.0 Å². The molecule has 1 heterocycles. The largest absolute Gasteiger partial charge is 0.356 e. The molecule has 0 aliphatic rings. The second kappa shape index (κ2) is 10.5. The Balaban J connectivity index is 0.00000289. The Labute approximate surface area is 130 Å². The van der Waals surface area contributed by atoms with Crippen LogP contribution in [-0.4, -0.2) is 41.3 Å². The number of halogens is 1. The average molecular weight is 383 g/mol. The molecule has 104 valence electrons. The van der Waals surface area contributed by atoms with Crippen LogP contribution < -0.4 is 10.6 Å². The van der Waals surface area contributed by atoms with E-state index in [9.17, 15) is 0 Å². The van der Waals surface area contributed by atoms with E-state index in [0.717, 1.165) is 31.2 Å². The monoisotopic (exact) mass is 383 g/mol. The van der Waals surface area contributed by atoms with Crippen molar-refractivity contribution in [3.8, 4) is 0 Å². The van der Waals surface area contributed by atoms with Crippen LogP contribution in [0.5, 0.6) is 0 Å². The Morgan fingerprint density at radius 1 is 1.50 bits per heavy atom. The first kappa shape index (κ1) is 17.6. The number of nitrogens with zero attached hydrogens (tertiary/aromatic N) is 3. The number of aryl methyl sites for hydroxylation is 1. The fourth-order valence-corrected chi connectivity index (χ4v) is 1.83. The van der Waals surface area contributed by atoms with Crippen LogP contribution in [0.1, 0.15) is 12.1 Å². The lowest BCUT2D eigenvalue weighted by Crippen LogP contribution is -2.37. The van der Waals surface area contributed by atoms with Gasteiger partial charge in [-0.25, -0.2) is 0 Å². The molecule has 0 unspecified atom stereocenters. The fourth-order valence-electron chi connectivity index (χ4n) is 1.39. The van der Waals surface area contributed by atoms with Crippen LogP contribution >= 0.6 is 35.7 Å². The molecule has 1 aromatic heterocycles. The molecule has 0 saturated carbocycles. The van der Waals surface area contributed by atoms with Gasteiger partial charge in [0.25, 0.3) is 0 Å². The van der Waals surface area contributed by atoms with Gasteiger partial charge in [0.05, 0.1) is 12.2 Å². The van der Waals surface area contributed by atoms with Gasteiger partial charge in [0, 0.05) is 26.8 Å². The van der Waals surface area contributed by atoms with Crippen molar-refractivity contribution >= 4 is 41.7 Å². The average Bonchev–Trinajstić information content (AvgIpc) is 2.74. The number of rotatable bonds is 6. The summed E-state index contributed by atoms with van der Waals surface area (Å²) in [4.78, 5) is 4.17. The van der Waals surface area contributed by atoms with Gasteiger partial charge < -0.3 is 10.6 Å². The van der Waals surface area contributed by atoms with Gasteiger partial charge in [0.2, 0.25) is 0 Å². The Hall–Kier alpha value is -0.440. The Morgan fingerprint density at radius 2 is 2.28 bits per heavy atom. The molecule has 1 rings (SSSR count). The van der Waals surface area contributed by atoms with Gasteiger partial charge in [-0.05, 0) is 24.5 Å². The second-order valence-electron chi connectivity index (χ2n) is 3.65. The maximum absolute atomic E-state index is 4.17. The van der Waals surface area contributed by atoms with E-state index in [2.05, 4.69) is 27.0 Å². The number of aromatic nitrogens is 2. The Kier molecular flexibility index (Phi) is 10.2. The summed E-state index contributed by atoms with van der Waals surface area (Å²) >= 11 is 1.86. The molecule has 5 nitrogen and oxygen atoms in total. The normalized spacial score (nSPS) is 10.9. The predicted octanol–water partition coefficient (Wildman–Crippen LogP) is 1.46. The third kappa shape index (κ3) is 6.48. The van der Waals surface area contributed by atoms with Crippen molar-refractivity contribution in [2.75, 3.05) is 25.6 Å². The number of guanidine groups is 1. The van der Waals surface area contributed by atoms with Gasteiger partial charge in [-0.1, -0.05) is 0 Å². The van der Waals surface area contributed by atoms with E-state index in [4.69, 9.17) is 0 Å². The zero-order valence-electron chi connectivity index (χ0n) is 11.1. The zero-order valence-corrected chi connectivity index (χ0v) is 14.3. The van der Waals surface area contributed by atoms with Crippen molar-refractivity contribution in [1.29, 1.82) is 0 Å². The molecule has 0 spiro atoms. The second-order valence-corrected chi connectivity index (χ2v) is 4.63. The molecule has 0 atom stereocenters. The smallest absolute Gasteiger partial charge is 0.191 e. The van der Waals surface area contributed by atoms with Gasteiger partial charge in [-0.2, -0.15) is 16.9 Å². The molecule has 0 amide bonds. The van der Waals surface area contributed by atoms with Crippen LogP contribution in [-0.2, 0) is 13.6 Å². The van der Waals surface area contributed by atoms with Crippen molar-refractivity contribution in [2.45, 2.75) is 13.0 Å². The maximum Gasteiger partial charge on any atom is 0.191 e. The van der Waals surface area contributed by atoms with Gasteiger partial charge in [-0.15, -0.1) is 24.0 Å². The molecular weight excluding hydrogens is 361 g/mol. The van der Waals surface area contributed by atoms with E-state index in [0.29, 0.717) is 0 Å². The molecule has 0 aromatic carbocycles. The highest BCUT2D eigenvalue weighted by molar-refractivity contribution is 14.0. The highest BCUT2D eigenvalue weighted by atomic mass is 127. The number of hydrogen-bond donors (Lipinski definition) is 2. The van der Waals surface area contributed by atoms with Crippen LogP contribution in [0, 0.1) is 0 Å². The first-order valence-corrected chi connectivity index (χ1v) is 7.07. The summed E-state index contributed by atoms with van der Waals surface area (Å²) in [7, 11) is 3.72. The van der Waals surface area contributed by atoms with Gasteiger partial charge in [-0.3, -0.25) is 9.67 Å². The first-order valence-electron chi connectivity index (χ1n) is 5.68. The third-order valence-corrected chi connectivity index (χ3v) is 3.10. The van der Waals surface area contributed by atoms with Gasteiger partial charge in [0.1, 0.15) is 0 Å². The Morgan fingerprint density at radius 3 is 2.83 bits per heavy atom. The van der Waals surface area contributed by atoms with Crippen LogP contribution in [0.15, 0.2) is 17.3 Å². The molecule has 2 N–H and O–H groups in total. The standard InChI is InChI=1S/C11H21N5S.HI/c1-12-11(13-6-4-8-17-3)14-9-10-5-7-15-16(10)2;/h5,7H,4,6,8-9H2,1-3H3,(H2,12,13,14);1H. The SMILES string of the molecule is CN=C(NCCCSC)NCc1ccnn1C.I. The maximum atomic E-state index is 4.17. The lowest BCUT2D eigenvalue weighted by atomic mass is 10.4. The van der Waals surface area contributed by atoms with Crippen molar-refractivity contribution in [1.82, 2.24) is 20.4 Å². The third-order valence-electron chi connectivity index (χ3n) is 2.40. The molecule has 0 radical (unpaired) electrons. The van der Waals surface area contributed by atoms with E-state index in [-0.39, 0.29) is 24.0 Å². The van der Waals surface area contributed by atoms with E-state index in [1.807, 2.05) is 29.6 Å². The minimum absolute atomic E-state index is 0. The first-order chi connectivity index (χ1) is 8.27. The van der Waals surface area contributed by atoms with E-state index >= 15 is 0 Å². The number of nitrogens with one attached hydrogen (secondary N) is 2. The quantitative estimate of drug-likeness (QED) is 0.338. The van der Waals surface area contributed by atoms with Gasteiger partial charge >= 0.3 is 0 Å². The molecule has 18 heavy (non-hydrogen) atoms. The molecule has 0 bridgehead atoms. The molecule has 0 aliphatic heterocycles. The van der Waals surface area contributed by atoms with Crippen LogP contribution in [0.3, 0.4) is 0 Å². The van der Waals surface area contributed by atoms with Crippen molar-refractivity contribution in [2.24, 2.45) is 12.0 Å². The molecular formula is C11H22IN5S. The molecule has 0 fully saturated rings. The number of hydrogen-bond acceptors (Lipinski definition) is 3. The number of aliphatic imine (C=N–C) groups is 1. The van der Waals surface area contributed by atoms with E-state index < -0.39 is 0 Å². The predicted molar refractivity (Wildman–Crippen MR) is 89.8 cm³/mol. The summed E-state index contributed by atoms with van der Waals surface area (Å²) in [5.74, 6) is 2.01. The highest BCUT2D eigenvalue weighted by Crippen LogP contribution is 1.95. The summed E-state index contributed by atoms with van der Waals surface area (Å²) in [5, 5.41) is 10.7. The molecule has 1 aromatic rings. The lowest BCUT2D eigenvalue weighted by molar-refractivity contribution is 0.683. The van der Waals surface area contributed by atoms with E-state index in [1.54, 1.807) is 13.2 Å². The summed E-state index contributed by atoms with van der Waals surface area (Å²) in [6.45, 7) is 1.69. The van der Waals surface area contributed by atoms with E-state index in [1.165, 1.54) is 5.75 Å². The summed E-state index contributed by atoms with van der Waals surface area (Å²) in [6, 6.07) is 1.99. The van der Waals surface area contributed by atoms with Crippen LogP contribution in [0.4, 0.5) is 0 Å². The fraction of sp³-hybridized carbons (Fsp3) is 0.636. The lowest BCUT2D eigenvalue weighted by Gasteiger charge is -2.11. The van der Waals surface area contributed by atoms with Crippen molar-refractivity contribution < 1.29 is 0 Å². The highest BCUT2D eigenvalue weighted by Gasteiger charge is 2.00.